The molecule has 2 aromatic rings. The summed E-state index contributed by atoms with van der Waals surface area (Å²) in [7, 11) is 1.93. The Hall–Kier alpha value is -2.11. The molecule has 4 rings (SSSR count). The van der Waals surface area contributed by atoms with Crippen LogP contribution in [0.25, 0.3) is 11.3 Å². The molecule has 4 heterocycles. The van der Waals surface area contributed by atoms with E-state index in [1.54, 1.807) is 0 Å². The lowest BCUT2D eigenvalue weighted by Gasteiger charge is -2.28. The van der Waals surface area contributed by atoms with Crippen molar-refractivity contribution >= 4 is 5.91 Å². The fourth-order valence-corrected chi connectivity index (χ4v) is 4.10. The molecule has 1 fully saturated rings. The van der Waals surface area contributed by atoms with E-state index in [9.17, 15) is 4.79 Å². The van der Waals surface area contributed by atoms with Gasteiger partial charge in [0.25, 0.3) is 0 Å². The molecule has 2 aromatic heterocycles. The SMILES string of the molecule is Cn1cc(-c2cnc3n2C[C@]2(CCN(C(=O)C(C)(C)C)C2)C3)cn1. The van der Waals surface area contributed by atoms with Crippen molar-refractivity contribution in [3.05, 3.63) is 24.4 Å². The number of fused-ring (bicyclic) bond motifs is 1. The van der Waals surface area contributed by atoms with Gasteiger partial charge >= 0.3 is 0 Å². The van der Waals surface area contributed by atoms with E-state index in [1.165, 1.54) is 0 Å². The first kappa shape index (κ1) is 15.4. The number of amides is 1. The van der Waals surface area contributed by atoms with Crippen molar-refractivity contribution in [1.29, 1.82) is 0 Å². The molecule has 6 nitrogen and oxygen atoms in total. The van der Waals surface area contributed by atoms with Crippen molar-refractivity contribution in [3.63, 3.8) is 0 Å². The minimum atomic E-state index is -0.307. The molecule has 6 heteroatoms. The van der Waals surface area contributed by atoms with Gasteiger partial charge in [-0.25, -0.2) is 4.98 Å². The quantitative estimate of drug-likeness (QED) is 0.806. The van der Waals surface area contributed by atoms with E-state index < -0.39 is 0 Å². The van der Waals surface area contributed by atoms with Crippen LogP contribution in [0.1, 0.15) is 33.0 Å². The highest BCUT2D eigenvalue weighted by Crippen LogP contribution is 2.43. The largest absolute Gasteiger partial charge is 0.342 e. The second kappa shape index (κ2) is 4.94. The molecule has 1 amide bonds. The standard InChI is InChI=1S/C18H25N5O/c1-17(2,3)16(24)22-6-5-18(11-22)7-15-19-9-14(23(15)12-18)13-8-20-21(4)10-13/h8-10H,5-7,11-12H2,1-4H3/t18-/m1/s1. The van der Waals surface area contributed by atoms with Crippen LogP contribution in [0.5, 0.6) is 0 Å². The second-order valence-corrected chi connectivity index (χ2v) is 8.45. The fraction of sp³-hybridized carbons (Fsp3) is 0.611. The Morgan fingerprint density at radius 1 is 1.25 bits per heavy atom. The first-order valence-corrected chi connectivity index (χ1v) is 8.60. The lowest BCUT2D eigenvalue weighted by Crippen LogP contribution is -2.39. The Bertz CT molecular complexity index is 797. The molecule has 0 N–H and O–H groups in total. The van der Waals surface area contributed by atoms with Crippen LogP contribution in [0.2, 0.25) is 0 Å². The van der Waals surface area contributed by atoms with Crippen LogP contribution in [-0.4, -0.2) is 43.2 Å². The molecule has 0 radical (unpaired) electrons. The van der Waals surface area contributed by atoms with Crippen LogP contribution in [-0.2, 0) is 24.8 Å². The molecule has 1 atom stereocenters. The number of hydrogen-bond acceptors (Lipinski definition) is 3. The Labute approximate surface area is 142 Å². The third-order valence-corrected chi connectivity index (χ3v) is 5.33. The van der Waals surface area contributed by atoms with E-state index in [1.807, 2.05) is 51.1 Å². The summed E-state index contributed by atoms with van der Waals surface area (Å²) in [5.74, 6) is 1.40. The molecule has 2 aliphatic rings. The molecular formula is C18H25N5O. The number of rotatable bonds is 1. The first-order valence-electron chi connectivity index (χ1n) is 8.60. The molecule has 1 spiro atoms. The van der Waals surface area contributed by atoms with Gasteiger partial charge in [-0.3, -0.25) is 9.48 Å². The molecule has 2 aliphatic heterocycles. The summed E-state index contributed by atoms with van der Waals surface area (Å²) in [4.78, 5) is 19.3. The van der Waals surface area contributed by atoms with Crippen molar-refractivity contribution in [2.24, 2.45) is 17.9 Å². The maximum Gasteiger partial charge on any atom is 0.227 e. The van der Waals surface area contributed by atoms with Gasteiger partial charge in [0.15, 0.2) is 0 Å². The number of likely N-dealkylation sites (tertiary alicyclic amines) is 1. The monoisotopic (exact) mass is 327 g/mol. The first-order chi connectivity index (χ1) is 11.3. The maximum atomic E-state index is 12.6. The Morgan fingerprint density at radius 3 is 2.71 bits per heavy atom. The van der Waals surface area contributed by atoms with Gasteiger partial charge in [-0.1, -0.05) is 20.8 Å². The van der Waals surface area contributed by atoms with Gasteiger partial charge in [-0.15, -0.1) is 0 Å². The summed E-state index contributed by atoms with van der Waals surface area (Å²) < 4.78 is 4.14. The molecule has 0 aliphatic carbocycles. The molecule has 0 unspecified atom stereocenters. The Kier molecular flexibility index (Phi) is 3.18. The summed E-state index contributed by atoms with van der Waals surface area (Å²) >= 11 is 0. The molecule has 24 heavy (non-hydrogen) atoms. The fourth-order valence-electron chi connectivity index (χ4n) is 4.10. The third kappa shape index (κ3) is 2.36. The highest BCUT2D eigenvalue weighted by molar-refractivity contribution is 5.81. The number of carbonyl (C=O) groups is 1. The third-order valence-electron chi connectivity index (χ3n) is 5.33. The lowest BCUT2D eigenvalue weighted by molar-refractivity contribution is -0.138. The smallest absolute Gasteiger partial charge is 0.227 e. The highest BCUT2D eigenvalue weighted by atomic mass is 16.2. The van der Waals surface area contributed by atoms with Gasteiger partial charge in [-0.05, 0) is 6.42 Å². The summed E-state index contributed by atoms with van der Waals surface area (Å²) in [5.41, 5.74) is 2.09. The molecule has 0 bridgehead atoms. The van der Waals surface area contributed by atoms with Crippen LogP contribution in [0, 0.1) is 10.8 Å². The topological polar surface area (TPSA) is 56.0 Å². The normalized spacial score (nSPS) is 23.2. The number of aromatic nitrogens is 4. The van der Waals surface area contributed by atoms with E-state index >= 15 is 0 Å². The van der Waals surface area contributed by atoms with Gasteiger partial charge < -0.3 is 9.47 Å². The average Bonchev–Trinajstić information content (AvgIpc) is 3.23. The predicted molar refractivity (Wildman–Crippen MR) is 91.2 cm³/mol. The Morgan fingerprint density at radius 2 is 2.04 bits per heavy atom. The van der Waals surface area contributed by atoms with E-state index in [-0.39, 0.29) is 16.7 Å². The van der Waals surface area contributed by atoms with Crippen LogP contribution >= 0.6 is 0 Å². The van der Waals surface area contributed by atoms with Crippen molar-refractivity contribution < 1.29 is 4.79 Å². The Balaban J connectivity index is 1.56. The number of nitrogens with zero attached hydrogens (tertiary/aromatic N) is 5. The number of aryl methyl sites for hydroxylation is 1. The molecule has 128 valence electrons. The zero-order valence-corrected chi connectivity index (χ0v) is 14.9. The number of carbonyl (C=O) groups excluding carboxylic acids is 1. The van der Waals surface area contributed by atoms with E-state index in [2.05, 4.69) is 19.5 Å². The minimum absolute atomic E-state index is 0.154. The van der Waals surface area contributed by atoms with E-state index in [4.69, 9.17) is 0 Å². The van der Waals surface area contributed by atoms with Gasteiger partial charge in [0.05, 0.1) is 18.1 Å². The van der Waals surface area contributed by atoms with Gasteiger partial charge in [0.1, 0.15) is 5.82 Å². The average molecular weight is 327 g/mol. The second-order valence-electron chi connectivity index (χ2n) is 8.45. The number of hydrogen-bond donors (Lipinski definition) is 0. The van der Waals surface area contributed by atoms with Gasteiger partial charge in [-0.2, -0.15) is 5.10 Å². The van der Waals surface area contributed by atoms with Crippen molar-refractivity contribution in [1.82, 2.24) is 24.2 Å². The summed E-state index contributed by atoms with van der Waals surface area (Å²) in [6.45, 7) is 8.66. The molecule has 0 aromatic carbocycles. The van der Waals surface area contributed by atoms with Crippen LogP contribution in [0.4, 0.5) is 0 Å². The highest BCUT2D eigenvalue weighted by Gasteiger charge is 2.46. The van der Waals surface area contributed by atoms with Gasteiger partial charge in [0.2, 0.25) is 5.91 Å². The van der Waals surface area contributed by atoms with Gasteiger partial charge in [0, 0.05) is 55.7 Å². The van der Waals surface area contributed by atoms with Crippen LogP contribution in [0.15, 0.2) is 18.6 Å². The summed E-state index contributed by atoms with van der Waals surface area (Å²) in [5, 5.41) is 4.27. The van der Waals surface area contributed by atoms with Crippen molar-refractivity contribution in [2.45, 2.75) is 40.2 Å². The molecular weight excluding hydrogens is 302 g/mol. The summed E-state index contributed by atoms with van der Waals surface area (Å²) in [6.07, 6.45) is 7.89. The van der Waals surface area contributed by atoms with Crippen molar-refractivity contribution in [2.75, 3.05) is 13.1 Å². The molecule has 1 saturated heterocycles. The van der Waals surface area contributed by atoms with Crippen LogP contribution in [0.3, 0.4) is 0 Å². The van der Waals surface area contributed by atoms with Crippen molar-refractivity contribution in [3.8, 4) is 11.3 Å². The van der Waals surface area contributed by atoms with E-state index in [0.29, 0.717) is 0 Å². The van der Waals surface area contributed by atoms with E-state index in [0.717, 1.165) is 49.6 Å². The predicted octanol–water partition coefficient (Wildman–Crippen LogP) is 2.10. The lowest BCUT2D eigenvalue weighted by atomic mass is 9.85. The zero-order chi connectivity index (χ0) is 17.1. The maximum absolute atomic E-state index is 12.6. The van der Waals surface area contributed by atoms with Crippen LogP contribution < -0.4 is 0 Å². The zero-order valence-electron chi connectivity index (χ0n) is 14.9. The summed E-state index contributed by atoms with van der Waals surface area (Å²) in [6, 6.07) is 0. The molecule has 0 saturated carbocycles. The number of imidazole rings is 1. The minimum Gasteiger partial charge on any atom is -0.342 e.